The first kappa shape index (κ1) is 27.8. The Morgan fingerprint density at radius 2 is 1.43 bits per heavy atom. The molecule has 0 N–H and O–H groups in total. The van der Waals surface area contributed by atoms with Crippen molar-refractivity contribution in [3.8, 4) is 0 Å². The summed E-state index contributed by atoms with van der Waals surface area (Å²) >= 11 is 0. The van der Waals surface area contributed by atoms with Crippen molar-refractivity contribution in [1.82, 2.24) is 0 Å². The van der Waals surface area contributed by atoms with Gasteiger partial charge in [-0.25, -0.2) is 9.59 Å². The monoisotopic (exact) mass is 506 g/mol. The van der Waals surface area contributed by atoms with E-state index in [1.807, 2.05) is 32.1 Å². The second-order valence-electron chi connectivity index (χ2n) is 9.37. The molecular formula is C30H34O7. The fraction of sp³-hybridized carbons (Fsp3) is 0.400. The standard InChI is InChI=1S/C30H34O7/c1-21(2)35-28(32)18-12-4-3-11-17-24-25(20-31)27(37-30(34)23-15-9-6-10-16-23)19-26(24)36-29(33)22-13-7-5-8-14-22/h3,5-11,13-16,20-21,24-27H,4,12,17-19H2,1-2H3/b11-3-/t24-,25-,26+,27-/m0/s1. The second kappa shape index (κ2) is 14.1. The fourth-order valence-corrected chi connectivity index (χ4v) is 4.46. The van der Waals surface area contributed by atoms with Crippen molar-refractivity contribution in [3.05, 3.63) is 83.9 Å². The van der Waals surface area contributed by atoms with E-state index in [-0.39, 0.29) is 24.4 Å². The lowest BCUT2D eigenvalue weighted by Gasteiger charge is -2.21. The Morgan fingerprint density at radius 1 is 0.865 bits per heavy atom. The third kappa shape index (κ3) is 8.41. The van der Waals surface area contributed by atoms with Crippen LogP contribution in [0.15, 0.2) is 72.8 Å². The van der Waals surface area contributed by atoms with Crippen LogP contribution in [0.3, 0.4) is 0 Å². The molecule has 0 bridgehead atoms. The summed E-state index contributed by atoms with van der Waals surface area (Å²) in [5.74, 6) is -2.19. The van der Waals surface area contributed by atoms with Crippen molar-refractivity contribution in [2.45, 2.75) is 64.3 Å². The van der Waals surface area contributed by atoms with Crippen LogP contribution >= 0.6 is 0 Å². The molecule has 1 saturated carbocycles. The highest BCUT2D eigenvalue weighted by molar-refractivity contribution is 5.90. The number of unbranched alkanes of at least 4 members (excludes halogenated alkanes) is 1. The van der Waals surface area contributed by atoms with E-state index in [2.05, 4.69) is 0 Å². The molecule has 196 valence electrons. The van der Waals surface area contributed by atoms with Crippen LogP contribution < -0.4 is 0 Å². The summed E-state index contributed by atoms with van der Waals surface area (Å²) in [6.07, 6.45) is 5.59. The lowest BCUT2D eigenvalue weighted by Crippen LogP contribution is -2.28. The largest absolute Gasteiger partial charge is 0.463 e. The van der Waals surface area contributed by atoms with Crippen molar-refractivity contribution in [2.24, 2.45) is 11.8 Å². The van der Waals surface area contributed by atoms with Gasteiger partial charge in [0.1, 0.15) is 18.5 Å². The third-order valence-corrected chi connectivity index (χ3v) is 6.25. The van der Waals surface area contributed by atoms with E-state index in [4.69, 9.17) is 14.2 Å². The van der Waals surface area contributed by atoms with Gasteiger partial charge >= 0.3 is 17.9 Å². The molecule has 0 spiro atoms. The van der Waals surface area contributed by atoms with E-state index >= 15 is 0 Å². The highest BCUT2D eigenvalue weighted by atomic mass is 16.6. The molecule has 3 rings (SSSR count). The molecule has 0 amide bonds. The van der Waals surface area contributed by atoms with Crippen molar-refractivity contribution in [3.63, 3.8) is 0 Å². The maximum atomic E-state index is 12.8. The van der Waals surface area contributed by atoms with Crippen molar-refractivity contribution in [2.75, 3.05) is 0 Å². The summed E-state index contributed by atoms with van der Waals surface area (Å²) in [7, 11) is 0. The van der Waals surface area contributed by atoms with Crippen molar-refractivity contribution in [1.29, 1.82) is 0 Å². The second-order valence-corrected chi connectivity index (χ2v) is 9.37. The number of carbonyl (C=O) groups excluding carboxylic acids is 4. The Bertz CT molecular complexity index is 1060. The van der Waals surface area contributed by atoms with Gasteiger partial charge in [0.2, 0.25) is 0 Å². The Hall–Kier alpha value is -3.74. The van der Waals surface area contributed by atoms with E-state index in [1.54, 1.807) is 54.6 Å². The first-order chi connectivity index (χ1) is 17.9. The van der Waals surface area contributed by atoms with E-state index in [0.717, 1.165) is 6.29 Å². The van der Waals surface area contributed by atoms with Crippen LogP contribution in [0.2, 0.25) is 0 Å². The molecule has 0 aliphatic heterocycles. The molecule has 7 heteroatoms. The topological polar surface area (TPSA) is 96.0 Å². The van der Waals surface area contributed by atoms with E-state index in [0.29, 0.717) is 36.8 Å². The zero-order chi connectivity index (χ0) is 26.6. The quantitative estimate of drug-likeness (QED) is 0.126. The van der Waals surface area contributed by atoms with Crippen molar-refractivity contribution >= 4 is 24.2 Å². The summed E-state index contributed by atoms with van der Waals surface area (Å²) in [5.41, 5.74) is 0.807. The minimum absolute atomic E-state index is 0.134. The molecule has 0 radical (unpaired) electrons. The molecular weight excluding hydrogens is 472 g/mol. The van der Waals surface area contributed by atoms with Gasteiger partial charge in [0.25, 0.3) is 0 Å². The Morgan fingerprint density at radius 3 is 1.97 bits per heavy atom. The van der Waals surface area contributed by atoms with Gasteiger partial charge in [-0.05, 0) is 57.4 Å². The Kier molecular flexibility index (Phi) is 10.6. The van der Waals surface area contributed by atoms with Gasteiger partial charge in [-0.15, -0.1) is 0 Å². The maximum absolute atomic E-state index is 12.8. The first-order valence-electron chi connectivity index (χ1n) is 12.7. The molecule has 2 aromatic carbocycles. The van der Waals surface area contributed by atoms with Crippen LogP contribution in [0.25, 0.3) is 0 Å². The number of rotatable bonds is 12. The number of esters is 3. The molecule has 1 aliphatic rings. The number of benzene rings is 2. The predicted octanol–water partition coefficient (Wildman–Crippen LogP) is 5.34. The van der Waals surface area contributed by atoms with Gasteiger partial charge in [0.05, 0.1) is 23.1 Å². The van der Waals surface area contributed by atoms with Gasteiger partial charge in [-0.3, -0.25) is 4.79 Å². The van der Waals surface area contributed by atoms with Crippen LogP contribution in [-0.2, 0) is 23.8 Å². The van der Waals surface area contributed by atoms with E-state index < -0.39 is 30.1 Å². The molecule has 1 fully saturated rings. The molecule has 37 heavy (non-hydrogen) atoms. The number of ether oxygens (including phenoxy) is 3. The summed E-state index contributed by atoms with van der Waals surface area (Å²) < 4.78 is 16.7. The number of aldehydes is 1. The number of allylic oxidation sites excluding steroid dienone is 2. The highest BCUT2D eigenvalue weighted by Gasteiger charge is 2.46. The van der Waals surface area contributed by atoms with Crippen LogP contribution in [-0.4, -0.2) is 42.5 Å². The normalized spacial score (nSPS) is 21.1. The first-order valence-corrected chi connectivity index (χ1v) is 12.7. The molecule has 0 saturated heterocycles. The zero-order valence-electron chi connectivity index (χ0n) is 21.3. The minimum atomic E-state index is -0.706. The SMILES string of the molecule is CC(C)OC(=O)CCC/C=C\C[C@H]1[C@H](C=O)[C@@H](OC(=O)c2ccccc2)C[C@H]1OC(=O)c1ccccc1. The van der Waals surface area contributed by atoms with Crippen LogP contribution in [0, 0.1) is 11.8 Å². The number of hydrogen-bond acceptors (Lipinski definition) is 7. The van der Waals surface area contributed by atoms with Gasteiger partial charge < -0.3 is 19.0 Å². The third-order valence-electron chi connectivity index (χ3n) is 6.25. The van der Waals surface area contributed by atoms with Gasteiger partial charge in [0.15, 0.2) is 0 Å². The summed E-state index contributed by atoms with van der Waals surface area (Å²) in [4.78, 5) is 49.3. The van der Waals surface area contributed by atoms with E-state index in [9.17, 15) is 19.2 Å². The number of carbonyl (C=O) groups is 4. The van der Waals surface area contributed by atoms with Gasteiger partial charge in [-0.2, -0.15) is 0 Å². The lowest BCUT2D eigenvalue weighted by molar-refractivity contribution is -0.147. The lowest BCUT2D eigenvalue weighted by atomic mass is 9.91. The molecule has 7 nitrogen and oxygen atoms in total. The summed E-state index contributed by atoms with van der Waals surface area (Å²) in [6.45, 7) is 3.63. The summed E-state index contributed by atoms with van der Waals surface area (Å²) in [5, 5.41) is 0. The van der Waals surface area contributed by atoms with Gasteiger partial charge in [-0.1, -0.05) is 48.6 Å². The number of hydrogen-bond donors (Lipinski definition) is 0. The maximum Gasteiger partial charge on any atom is 0.338 e. The summed E-state index contributed by atoms with van der Waals surface area (Å²) in [6, 6.07) is 17.2. The molecule has 0 aromatic heterocycles. The Labute approximate surface area is 217 Å². The molecule has 0 heterocycles. The van der Waals surface area contributed by atoms with Crippen LogP contribution in [0.1, 0.15) is 66.7 Å². The molecule has 1 aliphatic carbocycles. The molecule has 2 aromatic rings. The Balaban J connectivity index is 1.66. The molecule has 0 unspecified atom stereocenters. The molecule has 4 atom stereocenters. The van der Waals surface area contributed by atoms with Crippen LogP contribution in [0.5, 0.6) is 0 Å². The van der Waals surface area contributed by atoms with Crippen molar-refractivity contribution < 1.29 is 33.4 Å². The van der Waals surface area contributed by atoms with Gasteiger partial charge in [0, 0.05) is 18.8 Å². The smallest absolute Gasteiger partial charge is 0.338 e. The average molecular weight is 507 g/mol. The highest BCUT2D eigenvalue weighted by Crippen LogP contribution is 2.38. The minimum Gasteiger partial charge on any atom is -0.463 e. The predicted molar refractivity (Wildman–Crippen MR) is 138 cm³/mol. The van der Waals surface area contributed by atoms with E-state index in [1.165, 1.54) is 0 Å². The van der Waals surface area contributed by atoms with Crippen LogP contribution in [0.4, 0.5) is 0 Å². The zero-order valence-corrected chi connectivity index (χ0v) is 21.3. The fourth-order valence-electron chi connectivity index (χ4n) is 4.46. The average Bonchev–Trinajstić information content (AvgIpc) is 3.21.